The van der Waals surface area contributed by atoms with Gasteiger partial charge >= 0.3 is 0 Å². The molecule has 2 fully saturated rings. The molecule has 1 heterocycles. The van der Waals surface area contributed by atoms with Gasteiger partial charge in [-0.25, -0.2) is 0 Å². The van der Waals surface area contributed by atoms with E-state index >= 15 is 0 Å². The van der Waals surface area contributed by atoms with Crippen molar-refractivity contribution in [2.24, 2.45) is 11.3 Å². The first-order valence-electron chi connectivity index (χ1n) is 7.89. The van der Waals surface area contributed by atoms with Crippen molar-refractivity contribution in [2.45, 2.75) is 71.9 Å². The topological polar surface area (TPSA) is 15.3 Å². The number of piperazine rings is 1. The van der Waals surface area contributed by atoms with Gasteiger partial charge in [0.05, 0.1) is 0 Å². The summed E-state index contributed by atoms with van der Waals surface area (Å²) in [6, 6.07) is 0.739. The van der Waals surface area contributed by atoms with Crippen molar-refractivity contribution in [1.82, 2.24) is 10.2 Å². The van der Waals surface area contributed by atoms with E-state index in [2.05, 4.69) is 44.8 Å². The first-order chi connectivity index (χ1) is 8.40. The van der Waals surface area contributed by atoms with E-state index < -0.39 is 0 Å². The van der Waals surface area contributed by atoms with Gasteiger partial charge in [-0.1, -0.05) is 27.7 Å². The van der Waals surface area contributed by atoms with Crippen molar-refractivity contribution in [3.8, 4) is 0 Å². The van der Waals surface area contributed by atoms with Crippen molar-refractivity contribution in [2.75, 3.05) is 19.6 Å². The molecule has 0 aromatic carbocycles. The summed E-state index contributed by atoms with van der Waals surface area (Å²) in [4.78, 5) is 2.78. The molecule has 2 nitrogen and oxygen atoms in total. The summed E-state index contributed by atoms with van der Waals surface area (Å²) in [5.41, 5.74) is 0.838. The molecule has 2 rings (SSSR count). The lowest BCUT2D eigenvalue weighted by Gasteiger charge is -2.48. The van der Waals surface area contributed by atoms with Gasteiger partial charge in [0.2, 0.25) is 0 Å². The van der Waals surface area contributed by atoms with Crippen molar-refractivity contribution < 1.29 is 0 Å². The van der Waals surface area contributed by atoms with Gasteiger partial charge in [0.25, 0.3) is 0 Å². The van der Waals surface area contributed by atoms with E-state index in [1.165, 1.54) is 45.3 Å². The predicted molar refractivity (Wildman–Crippen MR) is 78.9 cm³/mol. The summed E-state index contributed by atoms with van der Waals surface area (Å²) in [6.07, 6.45) is 5.41. The average molecular weight is 252 g/mol. The number of nitrogens with one attached hydrogen (secondary N) is 1. The van der Waals surface area contributed by atoms with Crippen LogP contribution in [0.1, 0.15) is 60.3 Å². The molecular formula is C16H32N2. The van der Waals surface area contributed by atoms with Crippen molar-refractivity contribution in [3.63, 3.8) is 0 Å². The zero-order valence-electron chi connectivity index (χ0n) is 13.1. The van der Waals surface area contributed by atoms with Gasteiger partial charge in [-0.05, 0) is 43.9 Å². The van der Waals surface area contributed by atoms with Gasteiger partial charge in [-0.3, -0.25) is 4.90 Å². The second-order valence-corrected chi connectivity index (χ2v) is 7.56. The van der Waals surface area contributed by atoms with Gasteiger partial charge in [0.1, 0.15) is 0 Å². The Bertz CT molecular complexity index is 283. The fraction of sp³-hybridized carbons (Fsp3) is 1.00. The van der Waals surface area contributed by atoms with Crippen LogP contribution in [0.5, 0.6) is 0 Å². The molecule has 0 bridgehead atoms. The molecule has 1 saturated heterocycles. The monoisotopic (exact) mass is 252 g/mol. The van der Waals surface area contributed by atoms with Gasteiger partial charge in [0.15, 0.2) is 0 Å². The minimum absolute atomic E-state index is 0.384. The Hall–Kier alpha value is -0.0800. The van der Waals surface area contributed by atoms with Crippen LogP contribution in [0.4, 0.5) is 0 Å². The van der Waals surface area contributed by atoms with Gasteiger partial charge in [0, 0.05) is 31.2 Å². The van der Waals surface area contributed by atoms with Gasteiger partial charge in [-0.15, -0.1) is 0 Å². The van der Waals surface area contributed by atoms with E-state index in [0.717, 1.165) is 12.0 Å². The van der Waals surface area contributed by atoms with Crippen LogP contribution in [0.3, 0.4) is 0 Å². The maximum Gasteiger partial charge on any atom is 0.0309 e. The van der Waals surface area contributed by atoms with Crippen molar-refractivity contribution in [3.05, 3.63) is 0 Å². The van der Waals surface area contributed by atoms with E-state index in [1.54, 1.807) is 0 Å². The fourth-order valence-electron chi connectivity index (χ4n) is 3.33. The normalized spacial score (nSPS) is 34.8. The highest BCUT2D eigenvalue weighted by Gasteiger charge is 2.46. The van der Waals surface area contributed by atoms with Crippen LogP contribution >= 0.6 is 0 Å². The fourth-order valence-corrected chi connectivity index (χ4v) is 3.33. The Morgan fingerprint density at radius 2 is 1.94 bits per heavy atom. The molecule has 1 N–H and O–H groups in total. The molecule has 1 aliphatic heterocycles. The molecule has 0 amide bonds. The lowest BCUT2D eigenvalue weighted by molar-refractivity contribution is 0.0413. The average Bonchev–Trinajstić information content (AvgIpc) is 3.13. The Balaban J connectivity index is 2.03. The number of hydrogen-bond acceptors (Lipinski definition) is 2. The van der Waals surface area contributed by atoms with E-state index in [9.17, 15) is 0 Å². The van der Waals surface area contributed by atoms with Crippen LogP contribution in [0.25, 0.3) is 0 Å². The van der Waals surface area contributed by atoms with Crippen molar-refractivity contribution >= 4 is 0 Å². The van der Waals surface area contributed by atoms with Gasteiger partial charge in [-0.2, -0.15) is 0 Å². The first-order valence-corrected chi connectivity index (χ1v) is 7.89. The Labute approximate surface area is 114 Å². The Morgan fingerprint density at radius 1 is 1.28 bits per heavy atom. The lowest BCUT2D eigenvalue weighted by Crippen LogP contribution is -2.64. The second-order valence-electron chi connectivity index (χ2n) is 7.56. The number of rotatable bonds is 5. The van der Waals surface area contributed by atoms with E-state index in [4.69, 9.17) is 0 Å². The van der Waals surface area contributed by atoms with Crippen LogP contribution in [0.15, 0.2) is 0 Å². The quantitative estimate of drug-likeness (QED) is 0.808. The largest absolute Gasteiger partial charge is 0.308 e. The maximum atomic E-state index is 3.85. The molecule has 18 heavy (non-hydrogen) atoms. The lowest BCUT2D eigenvalue weighted by atomic mass is 9.85. The van der Waals surface area contributed by atoms with E-state index in [1.807, 2.05) is 0 Å². The zero-order chi connectivity index (χ0) is 13.4. The number of nitrogens with zero attached hydrogens (tertiary/aromatic N) is 1. The molecule has 0 aromatic heterocycles. The van der Waals surface area contributed by atoms with E-state index in [0.29, 0.717) is 11.0 Å². The molecule has 2 heteroatoms. The molecule has 0 spiro atoms. The minimum atomic E-state index is 0.384. The Morgan fingerprint density at radius 3 is 2.44 bits per heavy atom. The molecular weight excluding hydrogens is 220 g/mol. The third kappa shape index (κ3) is 3.08. The molecule has 2 atom stereocenters. The van der Waals surface area contributed by atoms with Crippen LogP contribution in [-0.2, 0) is 0 Å². The van der Waals surface area contributed by atoms with Gasteiger partial charge < -0.3 is 5.32 Å². The summed E-state index contributed by atoms with van der Waals surface area (Å²) in [6.45, 7) is 15.6. The SMILES string of the molecule is CCC1CNC(C)(C2CC2)CN1CC(C)(C)CC. The summed E-state index contributed by atoms with van der Waals surface area (Å²) in [5.74, 6) is 0.933. The second kappa shape index (κ2) is 5.13. The van der Waals surface area contributed by atoms with Crippen LogP contribution in [0.2, 0.25) is 0 Å². The molecule has 0 aromatic rings. The highest BCUT2D eigenvalue weighted by Crippen LogP contribution is 2.42. The summed E-state index contributed by atoms with van der Waals surface area (Å²) in [7, 11) is 0. The van der Waals surface area contributed by atoms with Crippen LogP contribution in [0, 0.1) is 11.3 Å². The van der Waals surface area contributed by atoms with E-state index in [-0.39, 0.29) is 0 Å². The smallest absolute Gasteiger partial charge is 0.0309 e. The van der Waals surface area contributed by atoms with Crippen LogP contribution < -0.4 is 5.32 Å². The molecule has 2 aliphatic rings. The molecule has 106 valence electrons. The standard InChI is InChI=1S/C16H32N2/c1-6-14-10-17-16(5,13-8-9-13)12-18(14)11-15(3,4)7-2/h13-14,17H,6-12H2,1-5H3. The van der Waals surface area contributed by atoms with Crippen LogP contribution in [-0.4, -0.2) is 36.1 Å². The molecule has 0 radical (unpaired) electrons. The number of hydrogen-bond donors (Lipinski definition) is 1. The first kappa shape index (κ1) is 14.3. The third-order valence-electron chi connectivity index (χ3n) is 5.33. The Kier molecular flexibility index (Phi) is 4.08. The third-order valence-corrected chi connectivity index (χ3v) is 5.33. The summed E-state index contributed by atoms with van der Waals surface area (Å²) >= 11 is 0. The minimum Gasteiger partial charge on any atom is -0.308 e. The highest BCUT2D eigenvalue weighted by atomic mass is 15.3. The molecule has 2 unspecified atom stereocenters. The zero-order valence-corrected chi connectivity index (χ0v) is 13.1. The maximum absolute atomic E-state index is 3.85. The molecule has 1 saturated carbocycles. The summed E-state index contributed by atoms with van der Waals surface area (Å²) in [5, 5.41) is 3.85. The summed E-state index contributed by atoms with van der Waals surface area (Å²) < 4.78 is 0. The predicted octanol–water partition coefficient (Wildman–Crippen LogP) is 3.28. The highest BCUT2D eigenvalue weighted by molar-refractivity contribution is 5.04. The van der Waals surface area contributed by atoms with Crippen molar-refractivity contribution in [1.29, 1.82) is 0 Å². The molecule has 1 aliphatic carbocycles.